The molecule has 0 fully saturated rings. The highest BCUT2D eigenvalue weighted by Crippen LogP contribution is 2.13. The predicted molar refractivity (Wildman–Crippen MR) is 66.5 cm³/mol. The van der Waals surface area contributed by atoms with Gasteiger partial charge in [-0.1, -0.05) is 12.1 Å². The molecular formula is C12H14BF4NO. The van der Waals surface area contributed by atoms with Crippen molar-refractivity contribution in [1.29, 1.82) is 0 Å². The van der Waals surface area contributed by atoms with Gasteiger partial charge in [-0.2, -0.15) is 4.57 Å². The molecule has 0 aliphatic rings. The van der Waals surface area contributed by atoms with E-state index in [1.54, 1.807) is 0 Å². The molecule has 0 aliphatic carbocycles. The van der Waals surface area contributed by atoms with Crippen LogP contribution in [0.3, 0.4) is 0 Å². The number of pyridine rings is 1. The zero-order valence-corrected chi connectivity index (χ0v) is 10.6. The fourth-order valence-corrected chi connectivity index (χ4v) is 1.62. The number of aromatic nitrogens is 1. The smallest absolute Gasteiger partial charge is 0.445 e. The predicted octanol–water partition coefficient (Wildman–Crippen LogP) is 3.36. The van der Waals surface area contributed by atoms with Gasteiger partial charge in [-0.05, 0) is 19.1 Å². The van der Waals surface area contributed by atoms with Gasteiger partial charge in [-0.25, -0.2) is 0 Å². The molecule has 1 aromatic heterocycles. The Morgan fingerprint density at radius 3 is 2.21 bits per heavy atom. The van der Waals surface area contributed by atoms with Crippen LogP contribution in [0.2, 0.25) is 0 Å². The summed E-state index contributed by atoms with van der Waals surface area (Å²) in [4.78, 5) is 0. The molecule has 0 bridgehead atoms. The first-order valence-corrected chi connectivity index (χ1v) is 5.71. The summed E-state index contributed by atoms with van der Waals surface area (Å²) in [5, 5.41) is 1.23. The summed E-state index contributed by atoms with van der Waals surface area (Å²) in [5.74, 6) is 0.909. The van der Waals surface area contributed by atoms with Gasteiger partial charge in [0, 0.05) is 11.5 Å². The van der Waals surface area contributed by atoms with E-state index in [1.807, 2.05) is 32.2 Å². The minimum atomic E-state index is -6.00. The van der Waals surface area contributed by atoms with Crippen molar-refractivity contribution in [3.63, 3.8) is 0 Å². The molecule has 0 aliphatic heterocycles. The first-order valence-electron chi connectivity index (χ1n) is 5.71. The average molecular weight is 275 g/mol. The van der Waals surface area contributed by atoms with E-state index in [9.17, 15) is 17.3 Å². The lowest BCUT2D eigenvalue weighted by Gasteiger charge is -2.02. The Morgan fingerprint density at radius 1 is 1.05 bits per heavy atom. The molecule has 0 unspecified atom stereocenters. The van der Waals surface area contributed by atoms with Crippen LogP contribution in [0.15, 0.2) is 36.4 Å². The number of hydrogen-bond acceptors (Lipinski definition) is 1. The summed E-state index contributed by atoms with van der Waals surface area (Å²) in [7, 11) is -3.98. The highest BCUT2D eigenvalue weighted by Gasteiger charge is 2.20. The van der Waals surface area contributed by atoms with Gasteiger partial charge < -0.3 is 22.0 Å². The molecule has 1 aromatic carbocycles. The van der Waals surface area contributed by atoms with Gasteiger partial charge in [-0.15, -0.1) is 0 Å². The molecule has 0 spiro atoms. The molecule has 0 radical (unpaired) electrons. The standard InChI is InChI=1S/C12H14NO.BF4/c1-3-14-12-9-8-10-6-4-5-7-11(10)13(12)2;2-1(3,4)5/h4-9H,3H2,1-2H3;/q+1;-1. The van der Waals surface area contributed by atoms with Crippen molar-refractivity contribution in [2.75, 3.05) is 6.61 Å². The highest BCUT2D eigenvalue weighted by atomic mass is 19.5. The van der Waals surface area contributed by atoms with Crippen LogP contribution in [0, 0.1) is 0 Å². The molecule has 104 valence electrons. The molecule has 2 aromatic rings. The van der Waals surface area contributed by atoms with E-state index < -0.39 is 7.25 Å². The van der Waals surface area contributed by atoms with Crippen LogP contribution in [0.1, 0.15) is 6.92 Å². The van der Waals surface area contributed by atoms with Crippen LogP contribution >= 0.6 is 0 Å². The van der Waals surface area contributed by atoms with Crippen molar-refractivity contribution in [3.05, 3.63) is 36.4 Å². The van der Waals surface area contributed by atoms with Gasteiger partial charge in [0.15, 0.2) is 0 Å². The lowest BCUT2D eigenvalue weighted by molar-refractivity contribution is -0.651. The van der Waals surface area contributed by atoms with E-state index in [0.717, 1.165) is 5.88 Å². The van der Waals surface area contributed by atoms with E-state index in [0.29, 0.717) is 6.61 Å². The van der Waals surface area contributed by atoms with Crippen molar-refractivity contribution in [1.82, 2.24) is 0 Å². The number of rotatable bonds is 2. The van der Waals surface area contributed by atoms with Gasteiger partial charge in [-0.3, -0.25) is 0 Å². The van der Waals surface area contributed by atoms with Gasteiger partial charge in [0.25, 0.3) is 0 Å². The third kappa shape index (κ3) is 5.15. The summed E-state index contributed by atoms with van der Waals surface area (Å²) < 4.78 is 46.6. The van der Waals surface area contributed by atoms with Gasteiger partial charge in [0.05, 0.1) is 12.7 Å². The number of ether oxygens (including phenoxy) is 1. The molecule has 0 N–H and O–H groups in total. The second-order valence-electron chi connectivity index (χ2n) is 3.72. The Bertz CT molecular complexity index is 539. The first kappa shape index (κ1) is 15.3. The number of halogens is 4. The number of fused-ring (bicyclic) bond motifs is 1. The Morgan fingerprint density at radius 2 is 1.63 bits per heavy atom. The van der Waals surface area contributed by atoms with Gasteiger partial charge in [0.1, 0.15) is 7.05 Å². The average Bonchev–Trinajstić information content (AvgIpc) is 2.31. The summed E-state index contributed by atoms with van der Waals surface area (Å²) in [6.45, 7) is 2.70. The highest BCUT2D eigenvalue weighted by molar-refractivity contribution is 6.50. The van der Waals surface area contributed by atoms with Crippen LogP contribution < -0.4 is 9.30 Å². The minimum Gasteiger partial charge on any atom is -0.445 e. The lowest BCUT2D eigenvalue weighted by Crippen LogP contribution is -2.31. The summed E-state index contributed by atoms with van der Waals surface area (Å²) >= 11 is 0. The van der Waals surface area contributed by atoms with Crippen molar-refractivity contribution in [3.8, 4) is 5.88 Å². The quantitative estimate of drug-likeness (QED) is 0.465. The Hall–Kier alpha value is -1.79. The Labute approximate surface area is 108 Å². The second kappa shape index (κ2) is 6.40. The van der Waals surface area contributed by atoms with E-state index in [1.165, 1.54) is 10.9 Å². The fourth-order valence-electron chi connectivity index (χ4n) is 1.62. The maximum absolute atomic E-state index is 9.75. The van der Waals surface area contributed by atoms with Crippen LogP contribution in [-0.4, -0.2) is 13.9 Å². The van der Waals surface area contributed by atoms with Crippen LogP contribution in [0.4, 0.5) is 17.3 Å². The summed E-state index contributed by atoms with van der Waals surface area (Å²) in [6.07, 6.45) is 0. The maximum Gasteiger partial charge on any atom is 0.673 e. The molecule has 0 saturated carbocycles. The third-order valence-corrected chi connectivity index (χ3v) is 2.33. The molecule has 0 amide bonds. The zero-order valence-electron chi connectivity index (χ0n) is 10.6. The summed E-state index contributed by atoms with van der Waals surface area (Å²) in [6, 6.07) is 12.4. The van der Waals surface area contributed by atoms with E-state index in [-0.39, 0.29) is 0 Å². The molecule has 7 heteroatoms. The third-order valence-electron chi connectivity index (χ3n) is 2.33. The molecular weight excluding hydrogens is 261 g/mol. The van der Waals surface area contributed by atoms with Gasteiger partial charge in [0.2, 0.25) is 5.52 Å². The fraction of sp³-hybridized carbons (Fsp3) is 0.250. The molecule has 0 atom stereocenters. The minimum absolute atomic E-state index is 0.701. The van der Waals surface area contributed by atoms with Crippen molar-refractivity contribution >= 4 is 18.2 Å². The van der Waals surface area contributed by atoms with Crippen molar-refractivity contribution < 1.29 is 26.6 Å². The first-order chi connectivity index (χ1) is 8.83. The molecule has 2 rings (SSSR count). The maximum atomic E-state index is 9.75. The Balaban J connectivity index is 0.000000312. The number of nitrogens with zero attached hydrogens (tertiary/aromatic N) is 1. The van der Waals surface area contributed by atoms with Gasteiger partial charge >= 0.3 is 13.1 Å². The normalized spacial score (nSPS) is 10.8. The van der Waals surface area contributed by atoms with E-state index >= 15 is 0 Å². The summed E-state index contributed by atoms with van der Waals surface area (Å²) in [5.41, 5.74) is 1.19. The molecule has 2 nitrogen and oxygen atoms in total. The van der Waals surface area contributed by atoms with Crippen molar-refractivity contribution in [2.24, 2.45) is 7.05 Å². The van der Waals surface area contributed by atoms with E-state index in [4.69, 9.17) is 4.74 Å². The monoisotopic (exact) mass is 275 g/mol. The van der Waals surface area contributed by atoms with Crippen molar-refractivity contribution in [2.45, 2.75) is 6.92 Å². The lowest BCUT2D eigenvalue weighted by atomic mass is 10.2. The molecule has 1 heterocycles. The van der Waals surface area contributed by atoms with E-state index in [2.05, 4.69) is 22.8 Å². The largest absolute Gasteiger partial charge is 0.673 e. The van der Waals surface area contributed by atoms with Crippen LogP contribution in [-0.2, 0) is 7.05 Å². The number of hydrogen-bond donors (Lipinski definition) is 0. The van der Waals surface area contributed by atoms with Crippen LogP contribution in [0.5, 0.6) is 5.88 Å². The van der Waals surface area contributed by atoms with Crippen LogP contribution in [0.25, 0.3) is 10.9 Å². The SMILES string of the molecule is CCOc1ccc2ccccc2[n+]1C.F[B-](F)(F)F. The Kier molecular flexibility index (Phi) is 5.15. The second-order valence-corrected chi connectivity index (χ2v) is 3.72. The zero-order chi connectivity index (χ0) is 14.5. The molecule has 0 saturated heterocycles. The number of benzene rings is 1. The number of aryl methyl sites for hydroxylation is 1. The molecule has 19 heavy (non-hydrogen) atoms. The number of para-hydroxylation sites is 1. The topological polar surface area (TPSA) is 13.1 Å².